The van der Waals surface area contributed by atoms with Crippen molar-refractivity contribution in [3.8, 4) is 0 Å². The number of hydrogen-bond donors (Lipinski definition) is 4. The van der Waals surface area contributed by atoms with Gasteiger partial charge in [-0.3, -0.25) is 5.10 Å². The lowest BCUT2D eigenvalue weighted by atomic mass is 9.98. The summed E-state index contributed by atoms with van der Waals surface area (Å²) in [5.74, 6) is 0.504. The summed E-state index contributed by atoms with van der Waals surface area (Å²) in [6.45, 7) is 5.80. The highest BCUT2D eigenvalue weighted by Gasteiger charge is 2.33. The van der Waals surface area contributed by atoms with E-state index in [-0.39, 0.29) is 18.1 Å². The predicted octanol–water partition coefficient (Wildman–Crippen LogP) is 3.45. The molecule has 0 bridgehead atoms. The van der Waals surface area contributed by atoms with Crippen LogP contribution in [0.15, 0.2) is 36.4 Å². The Morgan fingerprint density at radius 2 is 2.00 bits per heavy atom. The van der Waals surface area contributed by atoms with Crippen molar-refractivity contribution in [1.29, 1.82) is 0 Å². The van der Waals surface area contributed by atoms with E-state index in [0.29, 0.717) is 44.7 Å². The number of aromatic amines is 2. The monoisotopic (exact) mass is 528 g/mol. The molecule has 4 N–H and O–H groups in total. The largest absolute Gasteiger partial charge is 0.328 e. The van der Waals surface area contributed by atoms with Crippen LogP contribution in [0.5, 0.6) is 0 Å². The van der Waals surface area contributed by atoms with Gasteiger partial charge in [0.15, 0.2) is 5.82 Å². The van der Waals surface area contributed by atoms with Crippen molar-refractivity contribution >= 4 is 28.7 Å². The van der Waals surface area contributed by atoms with Gasteiger partial charge in [-0.2, -0.15) is 5.10 Å². The van der Waals surface area contributed by atoms with Crippen LogP contribution in [0.4, 0.5) is 15.3 Å². The molecule has 1 saturated heterocycles. The second-order valence-electron chi connectivity index (χ2n) is 10.3. The Kier molecular flexibility index (Phi) is 6.59. The van der Waals surface area contributed by atoms with Gasteiger partial charge in [-0.1, -0.05) is 31.2 Å². The van der Waals surface area contributed by atoms with Gasteiger partial charge in [0.1, 0.15) is 0 Å². The summed E-state index contributed by atoms with van der Waals surface area (Å²) in [6.07, 6.45) is 2.82. The first-order valence-electron chi connectivity index (χ1n) is 13.4. The van der Waals surface area contributed by atoms with Gasteiger partial charge in [0.2, 0.25) is 0 Å². The second-order valence-corrected chi connectivity index (χ2v) is 10.3. The van der Waals surface area contributed by atoms with Crippen molar-refractivity contribution in [2.24, 2.45) is 0 Å². The Morgan fingerprint density at radius 3 is 2.77 bits per heavy atom. The number of anilines is 1. The number of amides is 4. The number of nitrogens with one attached hydrogen (secondary N) is 4. The van der Waals surface area contributed by atoms with Crippen LogP contribution in [0, 0.1) is 6.92 Å². The molecular formula is C27H32N10O2. The number of H-pyrrole nitrogens is 2. The lowest BCUT2D eigenvalue weighted by Crippen LogP contribution is -2.53. The van der Waals surface area contributed by atoms with E-state index in [2.05, 4.69) is 60.5 Å². The first kappa shape index (κ1) is 24.8. The molecule has 1 atom stereocenters. The first-order valence-corrected chi connectivity index (χ1v) is 13.4. The zero-order chi connectivity index (χ0) is 26.9. The number of benzene rings is 2. The average Bonchev–Trinajstić information content (AvgIpc) is 3.63. The molecule has 2 aliphatic heterocycles. The van der Waals surface area contributed by atoms with Crippen LogP contribution < -0.4 is 10.6 Å². The molecule has 0 saturated carbocycles. The Balaban J connectivity index is 1.13. The van der Waals surface area contributed by atoms with Gasteiger partial charge in [0.05, 0.1) is 17.3 Å². The number of likely N-dealkylation sites (tertiary alicyclic amines) is 1. The van der Waals surface area contributed by atoms with Crippen LogP contribution in [-0.4, -0.2) is 71.8 Å². The normalized spacial score (nSPS) is 16.7. The van der Waals surface area contributed by atoms with E-state index in [1.165, 1.54) is 5.56 Å². The van der Waals surface area contributed by atoms with Crippen molar-refractivity contribution < 1.29 is 9.59 Å². The van der Waals surface area contributed by atoms with Crippen LogP contribution in [0.25, 0.3) is 10.9 Å². The van der Waals surface area contributed by atoms with Crippen LogP contribution in [0.2, 0.25) is 0 Å². The van der Waals surface area contributed by atoms with Crippen LogP contribution in [0.1, 0.15) is 54.0 Å². The van der Waals surface area contributed by atoms with Crippen LogP contribution in [0.3, 0.4) is 0 Å². The van der Waals surface area contributed by atoms with E-state index in [0.717, 1.165) is 39.8 Å². The molecule has 0 radical (unpaired) electrons. The number of fused-ring (bicyclic) bond motifs is 2. The van der Waals surface area contributed by atoms with E-state index in [1.807, 2.05) is 41.0 Å². The van der Waals surface area contributed by atoms with Gasteiger partial charge < -0.3 is 20.4 Å². The molecule has 1 unspecified atom stereocenters. The van der Waals surface area contributed by atoms with Crippen molar-refractivity contribution in [2.45, 2.75) is 58.2 Å². The van der Waals surface area contributed by atoms with Crippen LogP contribution in [-0.2, 0) is 19.4 Å². The molecule has 0 aliphatic carbocycles. The Bertz CT molecular complexity index is 1490. The SMILES string of the molecule is CCc1cc(CC(NC(=O)N2CCC(N3Cc4ccccc4NC3=O)CC2)c2nnn[nH]2)cc2c(C)n[nH]c12. The third-order valence-corrected chi connectivity index (χ3v) is 7.87. The molecule has 1 fully saturated rings. The highest BCUT2D eigenvalue weighted by atomic mass is 16.2. The summed E-state index contributed by atoms with van der Waals surface area (Å²) in [6, 6.07) is 11.5. The number of piperidine rings is 1. The van der Waals surface area contributed by atoms with Gasteiger partial charge in [-0.25, -0.2) is 14.7 Å². The Hall–Kier alpha value is -4.48. The molecule has 4 heterocycles. The third-order valence-electron chi connectivity index (χ3n) is 7.87. The summed E-state index contributed by atoms with van der Waals surface area (Å²) in [4.78, 5) is 29.8. The van der Waals surface area contributed by atoms with E-state index >= 15 is 0 Å². The Labute approximate surface area is 225 Å². The average molecular weight is 529 g/mol. The lowest BCUT2D eigenvalue weighted by molar-refractivity contribution is 0.127. The zero-order valence-corrected chi connectivity index (χ0v) is 22.1. The standard InChI is InChI=1S/C27H32N10O2/c1-3-18-12-17(13-21-16(2)30-31-24(18)21)14-23(25-32-34-35-33-25)29-26(38)36-10-8-20(9-11-36)37-15-19-6-4-5-7-22(19)28-27(37)39/h4-7,12-13,20,23H,3,8-11,14-15H2,1-2H3,(H,28,39)(H,29,38)(H,30,31)(H,32,33,34,35). The maximum Gasteiger partial charge on any atom is 0.322 e. The number of urea groups is 2. The van der Waals surface area contributed by atoms with E-state index < -0.39 is 6.04 Å². The van der Waals surface area contributed by atoms with Gasteiger partial charge >= 0.3 is 12.1 Å². The molecule has 12 nitrogen and oxygen atoms in total. The second kappa shape index (κ2) is 10.4. The lowest BCUT2D eigenvalue weighted by Gasteiger charge is -2.40. The number of nitrogens with zero attached hydrogens (tertiary/aromatic N) is 6. The van der Waals surface area contributed by atoms with Crippen LogP contribution >= 0.6 is 0 Å². The maximum absolute atomic E-state index is 13.4. The van der Waals surface area contributed by atoms with Crippen molar-refractivity contribution in [1.82, 2.24) is 45.9 Å². The molecule has 6 rings (SSSR count). The van der Waals surface area contributed by atoms with E-state index in [4.69, 9.17) is 0 Å². The molecule has 0 spiro atoms. The number of rotatable bonds is 6. The summed E-state index contributed by atoms with van der Waals surface area (Å²) < 4.78 is 0. The number of aryl methyl sites for hydroxylation is 2. The zero-order valence-electron chi connectivity index (χ0n) is 22.1. The minimum absolute atomic E-state index is 0.0778. The third kappa shape index (κ3) is 4.89. The number of tetrazole rings is 1. The number of hydrogen-bond acceptors (Lipinski definition) is 6. The summed E-state index contributed by atoms with van der Waals surface area (Å²) in [7, 11) is 0. The molecule has 2 aromatic heterocycles. The minimum atomic E-state index is -0.427. The number of carbonyl (C=O) groups is 2. The summed E-state index contributed by atoms with van der Waals surface area (Å²) in [5, 5.41) is 29.1. The molecule has 12 heteroatoms. The van der Waals surface area contributed by atoms with Crippen molar-refractivity contribution in [3.63, 3.8) is 0 Å². The summed E-state index contributed by atoms with van der Waals surface area (Å²) in [5.41, 5.74) is 6.22. The first-order chi connectivity index (χ1) is 19.0. The number of carbonyl (C=O) groups excluding carboxylic acids is 2. The van der Waals surface area contributed by atoms with Crippen molar-refractivity contribution in [2.75, 3.05) is 18.4 Å². The fourth-order valence-corrected chi connectivity index (χ4v) is 5.69. The molecule has 4 aromatic rings. The fraction of sp³-hybridized carbons (Fsp3) is 0.407. The smallest absolute Gasteiger partial charge is 0.322 e. The topological polar surface area (TPSA) is 148 Å². The number of para-hydroxylation sites is 1. The molecule has 4 amide bonds. The van der Waals surface area contributed by atoms with Gasteiger partial charge in [0.25, 0.3) is 0 Å². The molecule has 39 heavy (non-hydrogen) atoms. The molecule has 2 aliphatic rings. The van der Waals surface area contributed by atoms with Gasteiger partial charge in [-0.15, -0.1) is 5.10 Å². The Morgan fingerprint density at radius 1 is 1.18 bits per heavy atom. The maximum atomic E-state index is 13.4. The minimum Gasteiger partial charge on any atom is -0.328 e. The number of aromatic nitrogens is 6. The quantitative estimate of drug-likeness (QED) is 0.301. The van der Waals surface area contributed by atoms with Gasteiger partial charge in [-0.05, 0) is 65.4 Å². The van der Waals surface area contributed by atoms with E-state index in [9.17, 15) is 9.59 Å². The van der Waals surface area contributed by atoms with E-state index in [1.54, 1.807) is 0 Å². The van der Waals surface area contributed by atoms with Crippen molar-refractivity contribution in [3.05, 3.63) is 64.6 Å². The predicted molar refractivity (Wildman–Crippen MR) is 145 cm³/mol. The van der Waals surface area contributed by atoms with Gasteiger partial charge in [0, 0.05) is 43.2 Å². The molecule has 202 valence electrons. The molecule has 2 aromatic carbocycles. The highest BCUT2D eigenvalue weighted by Crippen LogP contribution is 2.28. The summed E-state index contributed by atoms with van der Waals surface area (Å²) >= 11 is 0. The molecular weight excluding hydrogens is 496 g/mol. The fourth-order valence-electron chi connectivity index (χ4n) is 5.69. The highest BCUT2D eigenvalue weighted by molar-refractivity contribution is 5.92.